The van der Waals surface area contributed by atoms with Crippen LogP contribution >= 0.6 is 0 Å². The fourth-order valence-electron chi connectivity index (χ4n) is 4.99. The Morgan fingerprint density at radius 1 is 0.756 bits per heavy atom. The van der Waals surface area contributed by atoms with Crippen molar-refractivity contribution in [1.29, 1.82) is 0 Å². The Kier molecular flexibility index (Phi) is 16.2. The number of benzene rings is 2. The van der Waals surface area contributed by atoms with Crippen molar-refractivity contribution in [3.63, 3.8) is 0 Å². The molecule has 2 aromatic carbocycles. The van der Waals surface area contributed by atoms with Gasteiger partial charge in [0.05, 0.1) is 5.69 Å². The molecule has 3 aromatic rings. The topological polar surface area (TPSA) is 101 Å². The number of aryl methyl sites for hydroxylation is 1. The molecule has 9 heteroatoms. The van der Waals surface area contributed by atoms with Gasteiger partial charge in [0.1, 0.15) is 16.4 Å². The molecule has 0 radical (unpaired) electrons. The molecule has 0 aliphatic carbocycles. The van der Waals surface area contributed by atoms with Gasteiger partial charge in [0, 0.05) is 11.8 Å². The molecule has 0 atom stereocenters. The summed E-state index contributed by atoms with van der Waals surface area (Å²) in [6.45, 7) is 2.26. The number of rotatable bonds is 20. The van der Waals surface area contributed by atoms with Crippen LogP contribution in [0, 0.1) is 0 Å². The summed E-state index contributed by atoms with van der Waals surface area (Å²) in [5.74, 6) is 0.415. The molecule has 0 spiro atoms. The average molecular weight is 579 g/mol. The van der Waals surface area contributed by atoms with Crippen LogP contribution in [-0.2, 0) is 16.5 Å². The van der Waals surface area contributed by atoms with Crippen LogP contribution in [0.4, 0.5) is 0 Å². The molecule has 222 valence electrons. The standard InChI is InChI=1S/C32H46N2O5S.Li.H/c1-2-3-4-5-6-7-8-9-10-11-12-13-14-15-17-20-27-25-32(35)34(33-27)28-23-24-30(31(26-28)40(36,37)38)39-29-21-18-16-19-22-29;;/h16,18-19,21-26,33H,2-15,17,20H2,1H3,(H,36,37,38);;. The molecular formula is C32H47LiN2O5S. The van der Waals surface area contributed by atoms with E-state index in [2.05, 4.69) is 12.0 Å². The van der Waals surface area contributed by atoms with Gasteiger partial charge in [-0.3, -0.25) is 14.4 Å². The first-order chi connectivity index (χ1) is 19.4. The van der Waals surface area contributed by atoms with Crippen LogP contribution < -0.4 is 10.3 Å². The van der Waals surface area contributed by atoms with Crippen molar-refractivity contribution in [2.45, 2.75) is 115 Å². The third-order valence-corrected chi connectivity index (χ3v) is 8.13. The summed E-state index contributed by atoms with van der Waals surface area (Å²) in [7, 11) is -4.58. The van der Waals surface area contributed by atoms with Crippen molar-refractivity contribution in [1.82, 2.24) is 9.78 Å². The number of aromatic nitrogens is 2. The van der Waals surface area contributed by atoms with E-state index in [-0.39, 0.29) is 30.2 Å². The van der Waals surface area contributed by atoms with E-state index in [4.69, 9.17) is 4.74 Å². The van der Waals surface area contributed by atoms with E-state index in [1.54, 1.807) is 36.4 Å². The zero-order chi connectivity index (χ0) is 28.6. The average Bonchev–Trinajstić information content (AvgIpc) is 3.31. The van der Waals surface area contributed by atoms with Crippen molar-refractivity contribution in [3.05, 3.63) is 70.6 Å². The van der Waals surface area contributed by atoms with Gasteiger partial charge in [-0.05, 0) is 43.2 Å². The Bertz CT molecular complexity index is 1310. The van der Waals surface area contributed by atoms with E-state index in [1.165, 1.54) is 100 Å². The van der Waals surface area contributed by atoms with Gasteiger partial charge in [-0.1, -0.05) is 115 Å². The molecule has 0 fully saturated rings. The second kappa shape index (κ2) is 19.0. The van der Waals surface area contributed by atoms with Crippen LogP contribution in [0.5, 0.6) is 11.5 Å². The Hall–Kier alpha value is -2.24. The zero-order valence-corrected chi connectivity index (χ0v) is 24.8. The second-order valence-corrected chi connectivity index (χ2v) is 12.1. The summed E-state index contributed by atoms with van der Waals surface area (Å²) in [5.41, 5.74) is 0.826. The Labute approximate surface area is 258 Å². The number of ether oxygens (including phenoxy) is 1. The molecule has 0 unspecified atom stereocenters. The number of hydrogen-bond donors (Lipinski definition) is 2. The molecular weight excluding hydrogens is 531 g/mol. The maximum atomic E-state index is 12.6. The number of nitrogens with one attached hydrogen (secondary N) is 1. The van der Waals surface area contributed by atoms with Crippen LogP contribution in [0.1, 0.15) is 109 Å². The van der Waals surface area contributed by atoms with E-state index >= 15 is 0 Å². The van der Waals surface area contributed by atoms with Gasteiger partial charge in [-0.15, -0.1) is 0 Å². The molecule has 0 bridgehead atoms. The predicted octanol–water partition coefficient (Wildman–Crippen LogP) is 7.97. The molecule has 0 aliphatic heterocycles. The monoisotopic (exact) mass is 578 g/mol. The van der Waals surface area contributed by atoms with Gasteiger partial charge in [-0.25, -0.2) is 4.68 Å². The maximum absolute atomic E-state index is 12.6. The van der Waals surface area contributed by atoms with Gasteiger partial charge in [0.15, 0.2) is 0 Å². The van der Waals surface area contributed by atoms with E-state index < -0.39 is 15.0 Å². The minimum atomic E-state index is -4.58. The molecule has 41 heavy (non-hydrogen) atoms. The van der Waals surface area contributed by atoms with E-state index in [0.717, 1.165) is 25.0 Å². The Balaban J connectivity index is 0.00000588. The third kappa shape index (κ3) is 12.7. The van der Waals surface area contributed by atoms with Crippen LogP contribution in [0.3, 0.4) is 0 Å². The Morgan fingerprint density at radius 2 is 1.29 bits per heavy atom. The molecule has 0 aliphatic rings. The molecule has 0 saturated carbocycles. The van der Waals surface area contributed by atoms with Gasteiger partial charge < -0.3 is 4.74 Å². The van der Waals surface area contributed by atoms with Crippen LogP contribution in [0.25, 0.3) is 5.69 Å². The van der Waals surface area contributed by atoms with Gasteiger partial charge in [-0.2, -0.15) is 8.42 Å². The summed E-state index contributed by atoms with van der Waals surface area (Å²) < 4.78 is 40.9. The predicted molar refractivity (Wildman–Crippen MR) is 169 cm³/mol. The Morgan fingerprint density at radius 3 is 1.83 bits per heavy atom. The van der Waals surface area contributed by atoms with Crippen LogP contribution in [-0.4, -0.2) is 41.6 Å². The van der Waals surface area contributed by atoms with Gasteiger partial charge >= 0.3 is 18.9 Å². The van der Waals surface area contributed by atoms with Gasteiger partial charge in [0.2, 0.25) is 0 Å². The molecule has 2 N–H and O–H groups in total. The molecule has 0 saturated heterocycles. The zero-order valence-electron chi connectivity index (χ0n) is 23.9. The van der Waals surface area contributed by atoms with Crippen molar-refractivity contribution >= 4 is 29.0 Å². The second-order valence-electron chi connectivity index (χ2n) is 10.7. The fraction of sp³-hybridized carbons (Fsp3) is 0.531. The molecule has 7 nitrogen and oxygen atoms in total. The minimum absolute atomic E-state index is 0. The summed E-state index contributed by atoms with van der Waals surface area (Å²) in [4.78, 5) is 12.2. The summed E-state index contributed by atoms with van der Waals surface area (Å²) >= 11 is 0. The number of aromatic amines is 1. The number of H-pyrrole nitrogens is 1. The summed E-state index contributed by atoms with van der Waals surface area (Å²) in [5, 5.41) is 3.08. The van der Waals surface area contributed by atoms with Crippen molar-refractivity contribution in [2.75, 3.05) is 0 Å². The SMILES string of the molecule is CCCCCCCCCCCCCCCCCc1cc(=O)n(-c2ccc(Oc3ccccc3)c(S(=O)(=O)O)c2)[nH]1.[LiH]. The molecule has 1 aromatic heterocycles. The molecule has 1 heterocycles. The first kappa shape index (κ1) is 35.0. The third-order valence-electron chi connectivity index (χ3n) is 7.26. The number of hydrogen-bond acceptors (Lipinski definition) is 4. The quantitative estimate of drug-likeness (QED) is 0.0804. The molecule has 0 amide bonds. The molecule has 3 rings (SSSR count). The van der Waals surface area contributed by atoms with E-state index in [1.807, 2.05) is 6.07 Å². The normalized spacial score (nSPS) is 11.4. The summed E-state index contributed by atoms with van der Waals surface area (Å²) in [6, 6.07) is 14.5. The van der Waals surface area contributed by atoms with E-state index in [0.29, 0.717) is 11.4 Å². The van der Waals surface area contributed by atoms with Crippen molar-refractivity contribution < 1.29 is 17.7 Å². The van der Waals surface area contributed by atoms with E-state index in [9.17, 15) is 17.8 Å². The number of para-hydroxylation sites is 1. The van der Waals surface area contributed by atoms with Gasteiger partial charge in [0.25, 0.3) is 15.7 Å². The first-order valence-electron chi connectivity index (χ1n) is 15.0. The number of unbranched alkanes of at least 4 members (excludes halogenated alkanes) is 14. The van der Waals surface area contributed by atoms with Crippen molar-refractivity contribution in [3.8, 4) is 17.2 Å². The fourth-order valence-corrected chi connectivity index (χ4v) is 5.62. The first-order valence-corrected chi connectivity index (χ1v) is 16.5. The van der Waals surface area contributed by atoms with Crippen LogP contribution in [0.2, 0.25) is 0 Å². The number of nitrogens with zero attached hydrogens (tertiary/aromatic N) is 1. The van der Waals surface area contributed by atoms with Crippen LogP contribution in [0.15, 0.2) is 64.3 Å². The summed E-state index contributed by atoms with van der Waals surface area (Å²) in [6.07, 6.45) is 20.3. The van der Waals surface area contributed by atoms with Crippen molar-refractivity contribution in [2.24, 2.45) is 0 Å².